The first-order valence-corrected chi connectivity index (χ1v) is 8.58. The largest absolute Gasteiger partial charge is 0.483 e. The Kier molecular flexibility index (Phi) is 6.23. The lowest BCUT2D eigenvalue weighted by atomic mass is 10.1. The number of amides is 1. The number of ether oxygens (including phenoxy) is 2. The van der Waals surface area contributed by atoms with Gasteiger partial charge in [0.1, 0.15) is 5.75 Å². The predicted molar refractivity (Wildman–Crippen MR) is 91.9 cm³/mol. The molecule has 0 aliphatic heterocycles. The van der Waals surface area contributed by atoms with Gasteiger partial charge in [0.2, 0.25) is 0 Å². The summed E-state index contributed by atoms with van der Waals surface area (Å²) in [6, 6.07) is 6.17. The molecule has 1 amide bonds. The van der Waals surface area contributed by atoms with Crippen LogP contribution in [0.5, 0.6) is 5.75 Å². The van der Waals surface area contributed by atoms with Crippen LogP contribution in [0, 0.1) is 19.8 Å². The van der Waals surface area contributed by atoms with E-state index in [2.05, 4.69) is 0 Å². The summed E-state index contributed by atoms with van der Waals surface area (Å²) in [7, 11) is 0. The van der Waals surface area contributed by atoms with Crippen molar-refractivity contribution in [2.45, 2.75) is 46.6 Å². The molecule has 0 spiro atoms. The second-order valence-corrected chi connectivity index (χ2v) is 6.49. The maximum absolute atomic E-state index is 12.6. The van der Waals surface area contributed by atoms with E-state index < -0.39 is 0 Å². The smallest absolute Gasteiger partial charge is 0.310 e. The molecular weight excluding hydrogens is 306 g/mol. The zero-order valence-electron chi connectivity index (χ0n) is 15.0. The summed E-state index contributed by atoms with van der Waals surface area (Å²) in [5.74, 6) is 0.0775. The van der Waals surface area contributed by atoms with Crippen molar-refractivity contribution >= 4 is 11.9 Å². The van der Waals surface area contributed by atoms with Crippen LogP contribution in [0.3, 0.4) is 0 Å². The third kappa shape index (κ3) is 4.98. The van der Waals surface area contributed by atoms with E-state index in [1.54, 1.807) is 18.7 Å². The molecule has 5 heteroatoms. The molecule has 0 heterocycles. The lowest BCUT2D eigenvalue weighted by Crippen LogP contribution is -2.41. The molecule has 1 saturated carbocycles. The van der Waals surface area contributed by atoms with Gasteiger partial charge >= 0.3 is 5.97 Å². The second kappa shape index (κ2) is 8.18. The molecule has 1 aliphatic carbocycles. The molecule has 0 saturated heterocycles. The highest BCUT2D eigenvalue weighted by Crippen LogP contribution is 2.28. The Morgan fingerprint density at radius 1 is 1.29 bits per heavy atom. The number of rotatable bonds is 8. The van der Waals surface area contributed by atoms with Crippen molar-refractivity contribution in [3.05, 3.63) is 29.3 Å². The Morgan fingerprint density at radius 2 is 2.00 bits per heavy atom. The van der Waals surface area contributed by atoms with E-state index in [-0.39, 0.29) is 30.4 Å². The highest BCUT2D eigenvalue weighted by molar-refractivity contribution is 5.80. The molecule has 5 nitrogen and oxygen atoms in total. The number of carbonyl (C=O) groups excluding carboxylic acids is 2. The zero-order valence-corrected chi connectivity index (χ0v) is 15.0. The molecule has 1 aromatic rings. The van der Waals surface area contributed by atoms with E-state index in [0.717, 1.165) is 29.7 Å². The van der Waals surface area contributed by atoms with Gasteiger partial charge in [-0.25, -0.2) is 0 Å². The minimum absolute atomic E-state index is 0.00363. The van der Waals surface area contributed by atoms with E-state index in [4.69, 9.17) is 9.47 Å². The van der Waals surface area contributed by atoms with Gasteiger partial charge in [0.25, 0.3) is 5.91 Å². The van der Waals surface area contributed by atoms with Gasteiger partial charge in [-0.15, -0.1) is 0 Å². The molecule has 0 bridgehead atoms. The van der Waals surface area contributed by atoms with Crippen molar-refractivity contribution in [1.29, 1.82) is 0 Å². The zero-order chi connectivity index (χ0) is 17.7. The van der Waals surface area contributed by atoms with Crippen molar-refractivity contribution < 1.29 is 19.1 Å². The monoisotopic (exact) mass is 333 g/mol. The molecule has 2 rings (SSSR count). The Hall–Kier alpha value is -2.04. The molecule has 1 aliphatic rings. The van der Waals surface area contributed by atoms with E-state index in [1.807, 2.05) is 32.0 Å². The number of nitrogens with zero attached hydrogens (tertiary/aromatic N) is 1. The summed E-state index contributed by atoms with van der Waals surface area (Å²) in [6.07, 6.45) is 1.98. The van der Waals surface area contributed by atoms with Gasteiger partial charge in [-0.1, -0.05) is 19.1 Å². The number of benzene rings is 1. The highest BCUT2D eigenvalue weighted by atomic mass is 16.5. The van der Waals surface area contributed by atoms with Gasteiger partial charge in [-0.05, 0) is 50.8 Å². The van der Waals surface area contributed by atoms with E-state index >= 15 is 0 Å². The van der Waals surface area contributed by atoms with Crippen LogP contribution < -0.4 is 4.74 Å². The average Bonchev–Trinajstić information content (AvgIpc) is 3.37. The van der Waals surface area contributed by atoms with E-state index in [9.17, 15) is 9.59 Å². The predicted octanol–water partition coefficient (Wildman–Crippen LogP) is 2.87. The first kappa shape index (κ1) is 18.3. The third-order valence-electron chi connectivity index (χ3n) is 4.16. The number of aryl methyl sites for hydroxylation is 2. The topological polar surface area (TPSA) is 55.8 Å². The Balaban J connectivity index is 1.94. The Labute approximate surface area is 143 Å². The molecule has 1 unspecified atom stereocenters. The molecule has 0 radical (unpaired) electrons. The maximum atomic E-state index is 12.6. The standard InChI is InChI=1S/C19H27NO4/c1-5-23-19(22)15(4)11-20(16-8-9-16)18(21)12-24-17-10-13(2)6-7-14(17)3/h6-7,10,15-16H,5,8-9,11-12H2,1-4H3. The van der Waals surface area contributed by atoms with Crippen LogP contribution in [-0.4, -0.2) is 42.6 Å². The van der Waals surface area contributed by atoms with Crippen molar-refractivity contribution in [3.63, 3.8) is 0 Å². The highest BCUT2D eigenvalue weighted by Gasteiger charge is 2.34. The van der Waals surface area contributed by atoms with Gasteiger partial charge in [-0.2, -0.15) is 0 Å². The van der Waals surface area contributed by atoms with Crippen LogP contribution in [0.25, 0.3) is 0 Å². The maximum Gasteiger partial charge on any atom is 0.310 e. The minimum Gasteiger partial charge on any atom is -0.483 e. The normalized spacial score (nSPS) is 14.8. The Morgan fingerprint density at radius 3 is 2.62 bits per heavy atom. The van der Waals surface area contributed by atoms with Crippen LogP contribution in [0.1, 0.15) is 37.8 Å². The van der Waals surface area contributed by atoms with Crippen LogP contribution in [-0.2, 0) is 14.3 Å². The van der Waals surface area contributed by atoms with Gasteiger partial charge in [-0.3, -0.25) is 9.59 Å². The van der Waals surface area contributed by atoms with Crippen molar-refractivity contribution in [2.75, 3.05) is 19.8 Å². The summed E-state index contributed by atoms with van der Waals surface area (Å²) in [6.45, 7) is 8.27. The summed E-state index contributed by atoms with van der Waals surface area (Å²) < 4.78 is 10.8. The molecule has 0 N–H and O–H groups in total. The van der Waals surface area contributed by atoms with E-state index in [0.29, 0.717) is 13.2 Å². The Bertz CT molecular complexity index is 595. The van der Waals surface area contributed by atoms with Gasteiger partial charge in [0.05, 0.1) is 12.5 Å². The molecule has 24 heavy (non-hydrogen) atoms. The SMILES string of the molecule is CCOC(=O)C(C)CN(C(=O)COc1cc(C)ccc1C)C1CC1. The third-order valence-corrected chi connectivity index (χ3v) is 4.16. The molecule has 1 aromatic carbocycles. The fraction of sp³-hybridized carbons (Fsp3) is 0.579. The molecule has 1 fully saturated rings. The summed E-state index contributed by atoms with van der Waals surface area (Å²) >= 11 is 0. The first-order chi connectivity index (χ1) is 11.4. The first-order valence-electron chi connectivity index (χ1n) is 8.58. The van der Waals surface area contributed by atoms with E-state index in [1.165, 1.54) is 0 Å². The molecule has 1 atom stereocenters. The van der Waals surface area contributed by atoms with Gasteiger partial charge < -0.3 is 14.4 Å². The quantitative estimate of drug-likeness (QED) is 0.687. The molecule has 132 valence electrons. The van der Waals surface area contributed by atoms with Crippen molar-refractivity contribution in [3.8, 4) is 5.75 Å². The van der Waals surface area contributed by atoms with Crippen LogP contribution in [0.2, 0.25) is 0 Å². The minimum atomic E-state index is -0.324. The lowest BCUT2D eigenvalue weighted by Gasteiger charge is -2.25. The second-order valence-electron chi connectivity index (χ2n) is 6.49. The fourth-order valence-corrected chi connectivity index (χ4v) is 2.58. The van der Waals surface area contributed by atoms with Crippen molar-refractivity contribution in [1.82, 2.24) is 4.90 Å². The number of hydrogen-bond acceptors (Lipinski definition) is 4. The van der Waals surface area contributed by atoms with Gasteiger partial charge in [0.15, 0.2) is 6.61 Å². The van der Waals surface area contributed by atoms with Crippen LogP contribution >= 0.6 is 0 Å². The number of hydrogen-bond donors (Lipinski definition) is 0. The summed E-state index contributed by atoms with van der Waals surface area (Å²) in [5, 5.41) is 0. The van der Waals surface area contributed by atoms with Crippen LogP contribution in [0.15, 0.2) is 18.2 Å². The number of esters is 1. The lowest BCUT2D eigenvalue weighted by molar-refractivity contribution is -0.149. The van der Waals surface area contributed by atoms with Crippen LogP contribution in [0.4, 0.5) is 0 Å². The van der Waals surface area contributed by atoms with Gasteiger partial charge in [0, 0.05) is 12.6 Å². The summed E-state index contributed by atoms with van der Waals surface area (Å²) in [5.41, 5.74) is 2.10. The average molecular weight is 333 g/mol. The molecular formula is C19H27NO4. The fourth-order valence-electron chi connectivity index (χ4n) is 2.58. The van der Waals surface area contributed by atoms with Crippen molar-refractivity contribution in [2.24, 2.45) is 5.92 Å². The summed E-state index contributed by atoms with van der Waals surface area (Å²) in [4.78, 5) is 26.1. The molecule has 0 aromatic heterocycles. The number of carbonyl (C=O) groups is 2.